The van der Waals surface area contributed by atoms with Crippen molar-refractivity contribution in [2.24, 2.45) is 0 Å². The van der Waals surface area contributed by atoms with Crippen LogP contribution in [-0.4, -0.2) is 24.4 Å². The summed E-state index contributed by atoms with van der Waals surface area (Å²) in [5.74, 6) is 0.495. The Balaban J connectivity index is 2.73. The lowest BCUT2D eigenvalue weighted by molar-refractivity contribution is 0.398. The second kappa shape index (κ2) is 5.73. The van der Waals surface area contributed by atoms with Crippen molar-refractivity contribution in [3.63, 3.8) is 0 Å². The topological polar surface area (TPSA) is 3.24 Å². The maximum atomic E-state index is 13.3. The maximum Gasteiger partial charge on any atom is 0.126 e. The lowest BCUT2D eigenvalue weighted by Gasteiger charge is -2.14. The summed E-state index contributed by atoms with van der Waals surface area (Å²) in [6, 6.07) is 3.19. The molecule has 0 saturated heterocycles. The van der Waals surface area contributed by atoms with Gasteiger partial charge in [-0.25, -0.2) is 4.39 Å². The van der Waals surface area contributed by atoms with Crippen molar-refractivity contribution >= 4 is 24.2 Å². The van der Waals surface area contributed by atoms with E-state index >= 15 is 0 Å². The Morgan fingerprint density at radius 1 is 1.47 bits per heavy atom. The SMILES string of the molecule is Cc1cc(Cl)c(CCN(C)CS)cc1F. The van der Waals surface area contributed by atoms with E-state index in [1.54, 1.807) is 13.0 Å². The molecule has 0 heterocycles. The summed E-state index contributed by atoms with van der Waals surface area (Å²) < 4.78 is 13.3. The van der Waals surface area contributed by atoms with Crippen LogP contribution in [-0.2, 0) is 6.42 Å². The van der Waals surface area contributed by atoms with Gasteiger partial charge in [-0.2, -0.15) is 12.6 Å². The normalized spacial score (nSPS) is 11.1. The van der Waals surface area contributed by atoms with Crippen LogP contribution in [0.5, 0.6) is 0 Å². The summed E-state index contributed by atoms with van der Waals surface area (Å²) in [7, 11) is 1.96. The monoisotopic (exact) mass is 247 g/mol. The second-order valence-corrected chi connectivity index (χ2v) is 4.35. The molecule has 0 aromatic heterocycles. The van der Waals surface area contributed by atoms with Crippen LogP contribution in [0.2, 0.25) is 5.02 Å². The average Bonchev–Trinajstić information content (AvgIpc) is 2.21. The van der Waals surface area contributed by atoms with Gasteiger partial charge in [0.25, 0.3) is 0 Å². The summed E-state index contributed by atoms with van der Waals surface area (Å²) in [5.41, 5.74) is 1.44. The molecule has 1 aromatic rings. The molecule has 1 aromatic carbocycles. The molecule has 0 aliphatic carbocycles. The number of hydrogen-bond acceptors (Lipinski definition) is 2. The van der Waals surface area contributed by atoms with Gasteiger partial charge in [0.1, 0.15) is 5.82 Å². The molecule has 84 valence electrons. The van der Waals surface area contributed by atoms with Crippen molar-refractivity contribution in [2.75, 3.05) is 19.5 Å². The minimum absolute atomic E-state index is 0.192. The fraction of sp³-hybridized carbons (Fsp3) is 0.455. The molecular formula is C11H15ClFNS. The lowest BCUT2D eigenvalue weighted by atomic mass is 10.1. The fourth-order valence-electron chi connectivity index (χ4n) is 1.26. The van der Waals surface area contributed by atoms with Gasteiger partial charge in [0.2, 0.25) is 0 Å². The zero-order valence-corrected chi connectivity index (χ0v) is 10.6. The van der Waals surface area contributed by atoms with Gasteiger partial charge in [0.15, 0.2) is 0 Å². The van der Waals surface area contributed by atoms with E-state index in [0.29, 0.717) is 16.5 Å². The predicted molar refractivity (Wildman–Crippen MR) is 66.3 cm³/mol. The first-order valence-electron chi connectivity index (χ1n) is 4.78. The molecule has 1 rings (SSSR count). The van der Waals surface area contributed by atoms with Crippen LogP contribution in [0.1, 0.15) is 11.1 Å². The zero-order valence-electron chi connectivity index (χ0n) is 8.93. The van der Waals surface area contributed by atoms with Crippen molar-refractivity contribution in [3.05, 3.63) is 34.1 Å². The third kappa shape index (κ3) is 3.67. The van der Waals surface area contributed by atoms with Crippen LogP contribution >= 0.6 is 24.2 Å². The molecule has 0 atom stereocenters. The third-order valence-electron chi connectivity index (χ3n) is 2.33. The van der Waals surface area contributed by atoms with Gasteiger partial charge in [-0.3, -0.25) is 4.90 Å². The number of likely N-dealkylation sites (N-methyl/N-ethyl adjacent to an activating group) is 1. The van der Waals surface area contributed by atoms with Gasteiger partial charge in [-0.15, -0.1) is 0 Å². The largest absolute Gasteiger partial charge is 0.297 e. The first-order chi connectivity index (χ1) is 7.04. The highest BCUT2D eigenvalue weighted by Gasteiger charge is 2.06. The molecule has 0 spiro atoms. The molecular weight excluding hydrogens is 233 g/mol. The molecule has 1 nitrogen and oxygen atoms in total. The quantitative estimate of drug-likeness (QED) is 0.632. The van der Waals surface area contributed by atoms with Crippen LogP contribution in [0.15, 0.2) is 12.1 Å². The molecule has 0 unspecified atom stereocenters. The number of thiol groups is 1. The summed E-state index contributed by atoms with van der Waals surface area (Å²) >= 11 is 10.2. The van der Waals surface area contributed by atoms with Gasteiger partial charge in [0.05, 0.1) is 0 Å². The zero-order chi connectivity index (χ0) is 11.4. The summed E-state index contributed by atoms with van der Waals surface area (Å²) in [4.78, 5) is 2.04. The average molecular weight is 248 g/mol. The van der Waals surface area contributed by atoms with Crippen LogP contribution in [0.25, 0.3) is 0 Å². The number of hydrogen-bond donors (Lipinski definition) is 1. The molecule has 0 N–H and O–H groups in total. The van der Waals surface area contributed by atoms with E-state index in [2.05, 4.69) is 12.6 Å². The van der Waals surface area contributed by atoms with Crippen molar-refractivity contribution in [3.8, 4) is 0 Å². The standard InChI is InChI=1S/C11H15ClFNS/c1-8-5-10(12)9(6-11(8)13)3-4-14(2)7-15/h5-6,15H,3-4,7H2,1-2H3. The van der Waals surface area contributed by atoms with E-state index in [1.807, 2.05) is 11.9 Å². The number of nitrogens with zero attached hydrogens (tertiary/aromatic N) is 1. The minimum Gasteiger partial charge on any atom is -0.297 e. The maximum absolute atomic E-state index is 13.3. The number of halogens is 2. The molecule has 4 heteroatoms. The third-order valence-corrected chi connectivity index (χ3v) is 3.17. The van der Waals surface area contributed by atoms with Crippen molar-refractivity contribution in [1.82, 2.24) is 4.90 Å². The Morgan fingerprint density at radius 3 is 2.73 bits per heavy atom. The summed E-state index contributed by atoms with van der Waals surface area (Å²) in [6.07, 6.45) is 0.743. The highest BCUT2D eigenvalue weighted by Crippen LogP contribution is 2.21. The van der Waals surface area contributed by atoms with E-state index in [1.165, 1.54) is 6.07 Å². The van der Waals surface area contributed by atoms with E-state index in [9.17, 15) is 4.39 Å². The van der Waals surface area contributed by atoms with Gasteiger partial charge in [0, 0.05) is 17.4 Å². The molecule has 0 saturated carbocycles. The van der Waals surface area contributed by atoms with E-state index in [4.69, 9.17) is 11.6 Å². The van der Waals surface area contributed by atoms with Crippen molar-refractivity contribution in [1.29, 1.82) is 0 Å². The number of benzene rings is 1. The number of aryl methyl sites for hydroxylation is 1. The minimum atomic E-state index is -0.192. The van der Waals surface area contributed by atoms with E-state index in [0.717, 1.165) is 18.5 Å². The van der Waals surface area contributed by atoms with Crippen LogP contribution < -0.4 is 0 Å². The van der Waals surface area contributed by atoms with Crippen molar-refractivity contribution in [2.45, 2.75) is 13.3 Å². The van der Waals surface area contributed by atoms with E-state index in [-0.39, 0.29) is 5.82 Å². The van der Waals surface area contributed by atoms with Crippen LogP contribution in [0, 0.1) is 12.7 Å². The smallest absolute Gasteiger partial charge is 0.126 e. The predicted octanol–water partition coefficient (Wildman–Crippen LogP) is 3.15. The highest BCUT2D eigenvalue weighted by molar-refractivity contribution is 7.80. The Kier molecular flexibility index (Phi) is 4.90. The Labute approximate surface area is 101 Å². The summed E-state index contributed by atoms with van der Waals surface area (Å²) in [5, 5.41) is 0.640. The van der Waals surface area contributed by atoms with Crippen molar-refractivity contribution < 1.29 is 4.39 Å². The highest BCUT2D eigenvalue weighted by atomic mass is 35.5. The van der Waals surface area contributed by atoms with E-state index < -0.39 is 0 Å². The molecule has 0 fully saturated rings. The van der Waals surface area contributed by atoms with Gasteiger partial charge in [-0.05, 0) is 43.7 Å². The Morgan fingerprint density at radius 2 is 2.13 bits per heavy atom. The van der Waals surface area contributed by atoms with Gasteiger partial charge >= 0.3 is 0 Å². The first kappa shape index (κ1) is 12.8. The second-order valence-electron chi connectivity index (χ2n) is 3.66. The first-order valence-corrected chi connectivity index (χ1v) is 5.79. The molecule has 0 aliphatic rings. The molecule has 0 radical (unpaired) electrons. The molecule has 0 aliphatic heterocycles. The van der Waals surface area contributed by atoms with Crippen LogP contribution in [0.3, 0.4) is 0 Å². The van der Waals surface area contributed by atoms with Gasteiger partial charge < -0.3 is 0 Å². The Hall–Kier alpha value is -0.250. The van der Waals surface area contributed by atoms with Gasteiger partial charge in [-0.1, -0.05) is 11.6 Å². The lowest BCUT2D eigenvalue weighted by Crippen LogP contribution is -2.19. The number of rotatable bonds is 4. The Bertz CT molecular complexity index is 344. The molecule has 15 heavy (non-hydrogen) atoms. The van der Waals surface area contributed by atoms with Crippen LogP contribution in [0.4, 0.5) is 4.39 Å². The molecule has 0 amide bonds. The fourth-order valence-corrected chi connectivity index (χ4v) is 1.72. The summed E-state index contributed by atoms with van der Waals surface area (Å²) in [6.45, 7) is 2.54. The molecule has 0 bridgehead atoms.